The molecule has 0 aromatic carbocycles. The average Bonchev–Trinajstić information content (AvgIpc) is 2.48. The number of aromatic nitrogens is 4. The van der Waals surface area contributed by atoms with E-state index in [0.717, 1.165) is 38.8 Å². The van der Waals surface area contributed by atoms with Crippen LogP contribution in [0.3, 0.4) is 0 Å². The lowest BCUT2D eigenvalue weighted by Crippen LogP contribution is -2.09. The normalized spacial score (nSPS) is 10.9. The van der Waals surface area contributed by atoms with Crippen LogP contribution in [0.25, 0.3) is 11.0 Å². The number of hydrogen-bond acceptors (Lipinski definition) is 6. The summed E-state index contributed by atoms with van der Waals surface area (Å²) in [7, 11) is 0. The first kappa shape index (κ1) is 17.0. The number of anilines is 2. The van der Waals surface area contributed by atoms with Crippen LogP contribution in [0.2, 0.25) is 10.6 Å². The minimum Gasteiger partial charge on any atom is -0.368 e. The summed E-state index contributed by atoms with van der Waals surface area (Å²) < 4.78 is 0. The second-order valence-electron chi connectivity index (χ2n) is 4.94. The molecule has 2 aromatic rings. The van der Waals surface area contributed by atoms with Gasteiger partial charge in [0.2, 0.25) is 10.6 Å². The highest BCUT2D eigenvalue weighted by Crippen LogP contribution is 2.26. The van der Waals surface area contributed by atoms with E-state index in [4.69, 9.17) is 23.2 Å². The molecule has 2 rings (SSSR count). The third kappa shape index (κ3) is 4.30. The third-order valence-electron chi connectivity index (χ3n) is 3.13. The van der Waals surface area contributed by atoms with Crippen LogP contribution in [-0.4, -0.2) is 33.0 Å². The summed E-state index contributed by atoms with van der Waals surface area (Å²) in [5.41, 5.74) is 1.17. The highest BCUT2D eigenvalue weighted by Gasteiger charge is 2.14. The van der Waals surface area contributed by atoms with Gasteiger partial charge in [-0.2, -0.15) is 9.97 Å². The molecule has 22 heavy (non-hydrogen) atoms. The van der Waals surface area contributed by atoms with Crippen LogP contribution in [0.15, 0.2) is 0 Å². The van der Waals surface area contributed by atoms with Crippen LogP contribution >= 0.6 is 23.2 Å². The zero-order chi connectivity index (χ0) is 15.9. The molecule has 0 fully saturated rings. The Hall–Kier alpha value is -1.40. The molecule has 0 amide bonds. The van der Waals surface area contributed by atoms with E-state index >= 15 is 0 Å². The van der Waals surface area contributed by atoms with Gasteiger partial charge in [0.05, 0.1) is 0 Å². The van der Waals surface area contributed by atoms with E-state index in [1.54, 1.807) is 0 Å². The molecule has 2 aromatic heterocycles. The van der Waals surface area contributed by atoms with Crippen molar-refractivity contribution in [3.63, 3.8) is 0 Å². The molecular weight excluding hydrogens is 323 g/mol. The Morgan fingerprint density at radius 3 is 1.50 bits per heavy atom. The molecule has 0 unspecified atom stereocenters. The van der Waals surface area contributed by atoms with Gasteiger partial charge in [0.25, 0.3) is 0 Å². The Bertz CT molecular complexity index is 579. The van der Waals surface area contributed by atoms with E-state index in [0.29, 0.717) is 22.7 Å². The van der Waals surface area contributed by atoms with Crippen molar-refractivity contribution in [3.8, 4) is 0 Å². The zero-order valence-corrected chi connectivity index (χ0v) is 14.3. The lowest BCUT2D eigenvalue weighted by atomic mass is 10.3. The fraction of sp³-hybridized carbons (Fsp3) is 0.571. The molecule has 0 spiro atoms. The smallest absolute Gasteiger partial charge is 0.225 e. The maximum absolute atomic E-state index is 6.03. The van der Waals surface area contributed by atoms with Gasteiger partial charge in [-0.3, -0.25) is 0 Å². The van der Waals surface area contributed by atoms with Crippen molar-refractivity contribution in [3.05, 3.63) is 10.6 Å². The highest BCUT2D eigenvalue weighted by atomic mass is 35.5. The average molecular weight is 343 g/mol. The van der Waals surface area contributed by atoms with Crippen molar-refractivity contribution in [2.45, 2.75) is 39.5 Å². The second kappa shape index (κ2) is 8.29. The minimum absolute atomic E-state index is 0.163. The summed E-state index contributed by atoms with van der Waals surface area (Å²) in [6.07, 6.45) is 4.24. The number of rotatable bonds is 8. The van der Waals surface area contributed by atoms with Crippen LogP contribution in [-0.2, 0) is 0 Å². The van der Waals surface area contributed by atoms with Gasteiger partial charge in [0.1, 0.15) is 11.0 Å². The van der Waals surface area contributed by atoms with Crippen molar-refractivity contribution < 1.29 is 0 Å². The van der Waals surface area contributed by atoms with Gasteiger partial charge in [-0.1, -0.05) is 26.7 Å². The number of nitrogens with zero attached hydrogens (tertiary/aromatic N) is 4. The van der Waals surface area contributed by atoms with Gasteiger partial charge in [-0.25, -0.2) is 9.97 Å². The minimum atomic E-state index is 0.163. The van der Waals surface area contributed by atoms with Crippen LogP contribution in [0.5, 0.6) is 0 Å². The lowest BCUT2D eigenvalue weighted by molar-refractivity contribution is 0.829. The summed E-state index contributed by atoms with van der Waals surface area (Å²) >= 11 is 12.1. The van der Waals surface area contributed by atoms with Gasteiger partial charge < -0.3 is 10.6 Å². The molecule has 8 heteroatoms. The number of unbranched alkanes of at least 4 members (excludes halogenated alkanes) is 2. The summed E-state index contributed by atoms with van der Waals surface area (Å²) in [5, 5.41) is 6.80. The monoisotopic (exact) mass is 342 g/mol. The fourth-order valence-electron chi connectivity index (χ4n) is 1.97. The number of nitrogens with one attached hydrogen (secondary N) is 2. The lowest BCUT2D eigenvalue weighted by Gasteiger charge is -2.11. The fourth-order valence-corrected chi connectivity index (χ4v) is 2.31. The highest BCUT2D eigenvalue weighted by molar-refractivity contribution is 6.30. The molecule has 0 bridgehead atoms. The first-order chi connectivity index (χ1) is 10.7. The Balaban J connectivity index is 2.39. The van der Waals surface area contributed by atoms with Gasteiger partial charge in [-0.05, 0) is 36.0 Å². The first-order valence-electron chi connectivity index (χ1n) is 7.54. The molecule has 0 saturated heterocycles. The molecule has 0 aliphatic carbocycles. The summed E-state index contributed by atoms with van der Waals surface area (Å²) in [5.74, 6) is 1.18. The molecule has 120 valence electrons. The maximum Gasteiger partial charge on any atom is 0.225 e. The van der Waals surface area contributed by atoms with Crippen LogP contribution in [0.1, 0.15) is 39.5 Å². The van der Waals surface area contributed by atoms with Crippen molar-refractivity contribution in [1.82, 2.24) is 19.9 Å². The van der Waals surface area contributed by atoms with E-state index < -0.39 is 0 Å². The SMILES string of the molecule is CCCCNc1nc(Cl)nc2c(NCCCC)nc(Cl)nc12. The molecule has 0 aliphatic rings. The summed E-state index contributed by atoms with van der Waals surface area (Å²) in [6.45, 7) is 5.83. The summed E-state index contributed by atoms with van der Waals surface area (Å²) in [6, 6.07) is 0. The predicted molar refractivity (Wildman–Crippen MR) is 91.9 cm³/mol. The molecule has 0 aliphatic heterocycles. The van der Waals surface area contributed by atoms with Crippen LogP contribution in [0.4, 0.5) is 11.6 Å². The van der Waals surface area contributed by atoms with Crippen LogP contribution in [0, 0.1) is 0 Å². The summed E-state index contributed by atoms with van der Waals surface area (Å²) in [4.78, 5) is 16.9. The Morgan fingerprint density at radius 1 is 0.727 bits per heavy atom. The molecule has 6 nitrogen and oxygen atoms in total. The van der Waals surface area contributed by atoms with Gasteiger partial charge in [0.15, 0.2) is 11.6 Å². The van der Waals surface area contributed by atoms with Crippen molar-refractivity contribution in [1.29, 1.82) is 0 Å². The molecule has 0 atom stereocenters. The number of halogens is 2. The van der Waals surface area contributed by atoms with E-state index in [1.165, 1.54) is 0 Å². The number of fused-ring (bicyclic) bond motifs is 1. The van der Waals surface area contributed by atoms with Gasteiger partial charge in [-0.15, -0.1) is 0 Å². The van der Waals surface area contributed by atoms with Gasteiger partial charge in [0, 0.05) is 13.1 Å². The van der Waals surface area contributed by atoms with E-state index in [-0.39, 0.29) is 10.6 Å². The molecule has 0 radical (unpaired) electrons. The first-order valence-corrected chi connectivity index (χ1v) is 8.29. The largest absolute Gasteiger partial charge is 0.368 e. The number of hydrogen-bond donors (Lipinski definition) is 2. The van der Waals surface area contributed by atoms with Gasteiger partial charge >= 0.3 is 0 Å². The quantitative estimate of drug-likeness (QED) is 0.554. The molecular formula is C14H20Cl2N6. The van der Waals surface area contributed by atoms with Crippen molar-refractivity contribution >= 4 is 45.9 Å². The zero-order valence-electron chi connectivity index (χ0n) is 12.8. The van der Waals surface area contributed by atoms with Crippen LogP contribution < -0.4 is 10.6 Å². The van der Waals surface area contributed by atoms with E-state index in [9.17, 15) is 0 Å². The standard InChI is InChI=1S/C14H20Cl2N6/c1-3-5-7-17-11-9-10(20-13(15)21-11)12(18-8-6-4-2)22-14(16)19-9/h3-8H2,1-2H3,(H,17,20,21)(H,18,19,22). The second-order valence-corrected chi connectivity index (χ2v) is 5.62. The van der Waals surface area contributed by atoms with E-state index in [1.807, 2.05) is 0 Å². The maximum atomic E-state index is 6.03. The van der Waals surface area contributed by atoms with E-state index in [2.05, 4.69) is 44.4 Å². The Kier molecular flexibility index (Phi) is 6.39. The molecule has 2 heterocycles. The predicted octanol–water partition coefficient (Wildman–Crippen LogP) is 4.15. The Morgan fingerprint density at radius 2 is 1.14 bits per heavy atom. The Labute approximate surface area is 140 Å². The molecule has 0 saturated carbocycles. The van der Waals surface area contributed by atoms with Crippen molar-refractivity contribution in [2.24, 2.45) is 0 Å². The van der Waals surface area contributed by atoms with Crippen molar-refractivity contribution in [2.75, 3.05) is 23.7 Å². The molecule has 2 N–H and O–H groups in total. The third-order valence-corrected chi connectivity index (χ3v) is 3.47. The topological polar surface area (TPSA) is 75.6 Å².